The molecule has 9 heteroatoms. The number of hydrogen-bond donors (Lipinski definition) is 0. The van der Waals surface area contributed by atoms with Gasteiger partial charge in [-0.1, -0.05) is 48.9 Å². The third-order valence-electron chi connectivity index (χ3n) is 6.22. The summed E-state index contributed by atoms with van der Waals surface area (Å²) in [4.78, 5) is 45.0. The van der Waals surface area contributed by atoms with E-state index in [0.717, 1.165) is 22.4 Å². The van der Waals surface area contributed by atoms with Crippen LogP contribution in [0, 0.1) is 16.0 Å². The molecule has 0 radical (unpaired) electrons. The average molecular weight is 478 g/mol. The molecule has 0 saturated carbocycles. The number of nitrogens with zero attached hydrogens (tertiary/aromatic N) is 3. The van der Waals surface area contributed by atoms with Crippen molar-refractivity contribution in [1.29, 1.82) is 0 Å². The molecule has 0 spiro atoms. The third kappa shape index (κ3) is 3.61. The Morgan fingerprint density at radius 1 is 0.971 bits per heavy atom. The molecule has 5 rings (SSSR count). The topological polar surface area (TPSA) is 93.0 Å². The van der Waals surface area contributed by atoms with Gasteiger partial charge < -0.3 is 0 Å². The lowest BCUT2D eigenvalue weighted by molar-refractivity contribution is -0.384. The van der Waals surface area contributed by atoms with Crippen LogP contribution in [0.5, 0.6) is 0 Å². The predicted molar refractivity (Wildman–Crippen MR) is 126 cm³/mol. The number of hydrogen-bond acceptors (Lipinski definition) is 6. The van der Waals surface area contributed by atoms with Crippen LogP contribution in [0.15, 0.2) is 72.8 Å². The number of imide groups is 1. The summed E-state index contributed by atoms with van der Waals surface area (Å²) in [5, 5.41) is 13.3. The van der Waals surface area contributed by atoms with E-state index in [0.29, 0.717) is 16.4 Å². The minimum Gasteiger partial charge on any atom is -0.273 e. The molecule has 2 aliphatic heterocycles. The van der Waals surface area contributed by atoms with Crippen LogP contribution in [0.1, 0.15) is 24.1 Å². The molecule has 0 bridgehead atoms. The number of carbonyl (C=O) groups excluding carboxylic acids is 2. The number of amides is 2. The Labute approximate surface area is 200 Å². The summed E-state index contributed by atoms with van der Waals surface area (Å²) in [7, 11) is 0. The molecule has 3 atom stereocenters. The molecule has 0 N–H and O–H groups in total. The van der Waals surface area contributed by atoms with E-state index >= 15 is 0 Å². The van der Waals surface area contributed by atoms with Gasteiger partial charge >= 0.3 is 0 Å². The van der Waals surface area contributed by atoms with Gasteiger partial charge in [0.1, 0.15) is 5.92 Å². The standard InChI is InChI=1S/C25H20ClN3O5/c1-2-15-6-8-16(9-7-15)22-21-23(34-28(22)19-4-3-5-20(14-19)29(32)33)25(31)27(24(21)30)18-12-10-17(26)11-13-18/h3-14,21-23H,2H2,1H3/t21-,22-,23+/m1/s1. The van der Waals surface area contributed by atoms with Crippen LogP contribution in [-0.2, 0) is 20.8 Å². The van der Waals surface area contributed by atoms with E-state index in [1.165, 1.54) is 17.2 Å². The Kier molecular flexibility index (Phi) is 5.55. The van der Waals surface area contributed by atoms with Crippen molar-refractivity contribution in [2.75, 3.05) is 9.96 Å². The molecule has 0 aliphatic carbocycles. The van der Waals surface area contributed by atoms with Crippen molar-refractivity contribution in [3.05, 3.63) is 99.1 Å². The lowest BCUT2D eigenvalue weighted by Crippen LogP contribution is -2.37. The predicted octanol–water partition coefficient (Wildman–Crippen LogP) is 4.86. The van der Waals surface area contributed by atoms with Crippen LogP contribution >= 0.6 is 11.6 Å². The molecule has 3 aromatic rings. The highest BCUT2D eigenvalue weighted by molar-refractivity contribution is 6.31. The van der Waals surface area contributed by atoms with Crippen LogP contribution in [0.3, 0.4) is 0 Å². The summed E-state index contributed by atoms with van der Waals surface area (Å²) in [5.74, 6) is -1.70. The molecule has 0 aromatic heterocycles. The van der Waals surface area contributed by atoms with E-state index in [-0.39, 0.29) is 5.69 Å². The summed E-state index contributed by atoms with van der Waals surface area (Å²) < 4.78 is 0. The van der Waals surface area contributed by atoms with E-state index in [9.17, 15) is 19.7 Å². The van der Waals surface area contributed by atoms with Gasteiger partial charge in [0.25, 0.3) is 11.6 Å². The monoisotopic (exact) mass is 477 g/mol. The van der Waals surface area contributed by atoms with Gasteiger partial charge in [0.15, 0.2) is 6.10 Å². The normalized spacial score (nSPS) is 21.8. The SMILES string of the molecule is CCc1ccc([C@@H]2[C@H]3C(=O)N(c4ccc(Cl)cc4)C(=O)[C@H]3ON2c2cccc([N+](=O)[O-])c2)cc1. The van der Waals surface area contributed by atoms with E-state index in [1.54, 1.807) is 36.4 Å². The van der Waals surface area contributed by atoms with Crippen LogP contribution < -0.4 is 9.96 Å². The molecular weight excluding hydrogens is 458 g/mol. The second-order valence-electron chi connectivity index (χ2n) is 8.18. The highest BCUT2D eigenvalue weighted by Crippen LogP contribution is 2.48. The second kappa shape index (κ2) is 8.55. The Morgan fingerprint density at radius 2 is 1.68 bits per heavy atom. The van der Waals surface area contributed by atoms with Crippen LogP contribution in [0.25, 0.3) is 0 Å². The number of benzene rings is 3. The van der Waals surface area contributed by atoms with Gasteiger partial charge in [-0.3, -0.25) is 24.5 Å². The molecule has 2 aliphatic rings. The number of anilines is 2. The van der Waals surface area contributed by atoms with E-state index in [2.05, 4.69) is 0 Å². The van der Waals surface area contributed by atoms with Gasteiger partial charge in [0, 0.05) is 17.2 Å². The molecule has 2 fully saturated rings. The number of nitro groups is 1. The van der Waals surface area contributed by atoms with E-state index in [4.69, 9.17) is 16.4 Å². The van der Waals surface area contributed by atoms with Crippen molar-refractivity contribution in [3.8, 4) is 0 Å². The van der Waals surface area contributed by atoms with Crippen molar-refractivity contribution in [1.82, 2.24) is 0 Å². The van der Waals surface area contributed by atoms with Crippen molar-refractivity contribution in [3.63, 3.8) is 0 Å². The fraction of sp³-hybridized carbons (Fsp3) is 0.200. The molecule has 2 saturated heterocycles. The zero-order chi connectivity index (χ0) is 24.0. The minimum atomic E-state index is -1.06. The number of non-ortho nitro benzene ring substituents is 1. The summed E-state index contributed by atoms with van der Waals surface area (Å²) in [6, 6.07) is 19.5. The van der Waals surface area contributed by atoms with E-state index < -0.39 is 34.8 Å². The van der Waals surface area contributed by atoms with Crippen LogP contribution in [0.4, 0.5) is 17.1 Å². The molecule has 172 valence electrons. The fourth-order valence-corrected chi connectivity index (χ4v) is 4.64. The number of aryl methyl sites for hydroxylation is 1. The summed E-state index contributed by atoms with van der Waals surface area (Å²) in [5.41, 5.74) is 2.60. The first-order valence-corrected chi connectivity index (χ1v) is 11.2. The van der Waals surface area contributed by atoms with Gasteiger partial charge in [-0.15, -0.1) is 0 Å². The van der Waals surface area contributed by atoms with Gasteiger partial charge in [0.05, 0.1) is 22.3 Å². The summed E-state index contributed by atoms with van der Waals surface area (Å²) in [6.07, 6.45) is -0.206. The van der Waals surface area contributed by atoms with Gasteiger partial charge in [-0.25, -0.2) is 9.96 Å². The Bertz CT molecular complexity index is 1280. The fourth-order valence-electron chi connectivity index (χ4n) is 4.52. The van der Waals surface area contributed by atoms with Crippen molar-refractivity contribution < 1.29 is 19.3 Å². The summed E-state index contributed by atoms with van der Waals surface area (Å²) >= 11 is 5.97. The van der Waals surface area contributed by atoms with Crippen LogP contribution in [-0.4, -0.2) is 22.8 Å². The number of fused-ring (bicyclic) bond motifs is 1. The molecule has 2 amide bonds. The zero-order valence-electron chi connectivity index (χ0n) is 18.1. The molecule has 0 unspecified atom stereocenters. The van der Waals surface area contributed by atoms with Crippen molar-refractivity contribution >= 4 is 40.5 Å². The molecular formula is C25H20ClN3O5. The number of nitro benzene ring substituents is 1. The van der Waals surface area contributed by atoms with Gasteiger partial charge in [-0.2, -0.15) is 0 Å². The number of carbonyl (C=O) groups is 2. The Hall–Kier alpha value is -3.75. The maximum Gasteiger partial charge on any atom is 0.271 e. The van der Waals surface area contributed by atoms with E-state index in [1.807, 2.05) is 31.2 Å². The average Bonchev–Trinajstić information content (AvgIpc) is 3.36. The largest absolute Gasteiger partial charge is 0.273 e. The maximum atomic E-state index is 13.6. The summed E-state index contributed by atoms with van der Waals surface area (Å²) in [6.45, 7) is 2.04. The number of halogens is 1. The Morgan fingerprint density at radius 3 is 2.32 bits per heavy atom. The highest BCUT2D eigenvalue weighted by Gasteiger charge is 2.60. The Balaban J connectivity index is 1.58. The minimum absolute atomic E-state index is 0.112. The smallest absolute Gasteiger partial charge is 0.271 e. The quantitative estimate of drug-likeness (QED) is 0.296. The third-order valence-corrected chi connectivity index (χ3v) is 6.48. The van der Waals surface area contributed by atoms with Gasteiger partial charge in [0.2, 0.25) is 5.91 Å². The molecule has 8 nitrogen and oxygen atoms in total. The maximum absolute atomic E-state index is 13.6. The number of hydroxylamine groups is 1. The van der Waals surface area contributed by atoms with Crippen molar-refractivity contribution in [2.45, 2.75) is 25.5 Å². The first-order chi connectivity index (χ1) is 16.4. The van der Waals surface area contributed by atoms with Crippen LogP contribution in [0.2, 0.25) is 5.02 Å². The molecule has 34 heavy (non-hydrogen) atoms. The number of rotatable bonds is 5. The first-order valence-electron chi connectivity index (χ1n) is 10.8. The molecule has 2 heterocycles. The van der Waals surface area contributed by atoms with Crippen molar-refractivity contribution in [2.24, 2.45) is 5.92 Å². The first kappa shape index (κ1) is 22.1. The lowest BCUT2D eigenvalue weighted by Gasteiger charge is -2.28. The zero-order valence-corrected chi connectivity index (χ0v) is 18.9. The molecule has 3 aromatic carbocycles. The van der Waals surface area contributed by atoms with Gasteiger partial charge in [-0.05, 0) is 47.9 Å². The highest BCUT2D eigenvalue weighted by atomic mass is 35.5. The lowest BCUT2D eigenvalue weighted by atomic mass is 9.90. The second-order valence-corrected chi connectivity index (χ2v) is 8.62.